The zero-order valence-corrected chi connectivity index (χ0v) is 18.2. The molecule has 0 unspecified atom stereocenters. The molecule has 2 aromatic carbocycles. The number of nitrogens with zero attached hydrogens (tertiary/aromatic N) is 1. The molecule has 0 bridgehead atoms. The van der Waals surface area contributed by atoms with E-state index in [0.29, 0.717) is 0 Å². The minimum atomic E-state index is -0.100. The standard InChI is InChI=1S/C20H20Br2ClN3/c21-15-10-17-18(11-16(15)22)26-20(7-2-1-3-8-20)19(25-17)24-12-13-5-4-6-14(23)9-13/h4-6,9-11,26H,1-3,7-8,12H2,(H,24,25). The maximum absolute atomic E-state index is 6.13. The topological polar surface area (TPSA) is 36.4 Å². The zero-order chi connectivity index (χ0) is 18.1. The van der Waals surface area contributed by atoms with Gasteiger partial charge in [0.25, 0.3) is 0 Å². The molecule has 0 radical (unpaired) electrons. The predicted octanol–water partition coefficient (Wildman–Crippen LogP) is 6.81. The van der Waals surface area contributed by atoms with Gasteiger partial charge in [0.1, 0.15) is 5.84 Å². The molecule has 1 spiro atoms. The molecule has 0 amide bonds. The van der Waals surface area contributed by atoms with Crippen molar-refractivity contribution in [2.75, 3.05) is 5.32 Å². The number of aliphatic imine (C=N–C) groups is 1. The second-order valence-corrected chi connectivity index (χ2v) is 9.14. The van der Waals surface area contributed by atoms with Gasteiger partial charge in [0.15, 0.2) is 0 Å². The van der Waals surface area contributed by atoms with Gasteiger partial charge in [-0.05, 0) is 74.5 Å². The molecule has 2 N–H and O–H groups in total. The average Bonchev–Trinajstić information content (AvgIpc) is 2.62. The van der Waals surface area contributed by atoms with Crippen LogP contribution in [0.1, 0.15) is 37.7 Å². The van der Waals surface area contributed by atoms with Crippen LogP contribution >= 0.6 is 43.5 Å². The first kappa shape index (κ1) is 18.3. The first-order valence-electron chi connectivity index (χ1n) is 8.90. The van der Waals surface area contributed by atoms with Gasteiger partial charge in [-0.15, -0.1) is 0 Å². The SMILES string of the molecule is Clc1cccc(CNC2=Nc3cc(Br)c(Br)cc3NC23CCCCC3)c1. The van der Waals surface area contributed by atoms with Crippen molar-refractivity contribution in [1.82, 2.24) is 5.32 Å². The van der Waals surface area contributed by atoms with Crippen molar-refractivity contribution in [3.05, 3.63) is 55.9 Å². The van der Waals surface area contributed by atoms with Crippen LogP contribution in [0.15, 0.2) is 50.3 Å². The van der Waals surface area contributed by atoms with Gasteiger partial charge in [-0.3, -0.25) is 0 Å². The van der Waals surface area contributed by atoms with Crippen LogP contribution in [0.5, 0.6) is 0 Å². The lowest BCUT2D eigenvalue weighted by molar-refractivity contribution is 0.396. The monoisotopic (exact) mass is 495 g/mol. The normalized spacial score (nSPS) is 18.0. The van der Waals surface area contributed by atoms with Gasteiger partial charge >= 0.3 is 0 Å². The van der Waals surface area contributed by atoms with Crippen LogP contribution in [0.3, 0.4) is 0 Å². The number of hydrogen-bond acceptors (Lipinski definition) is 3. The van der Waals surface area contributed by atoms with Crippen molar-refractivity contribution in [2.24, 2.45) is 4.99 Å². The maximum atomic E-state index is 6.13. The van der Waals surface area contributed by atoms with Gasteiger partial charge < -0.3 is 10.6 Å². The number of rotatable bonds is 2. The van der Waals surface area contributed by atoms with Crippen molar-refractivity contribution < 1.29 is 0 Å². The Bertz CT molecular complexity index is 860. The van der Waals surface area contributed by atoms with Crippen molar-refractivity contribution in [2.45, 2.75) is 44.2 Å². The van der Waals surface area contributed by atoms with Crippen LogP contribution in [0.4, 0.5) is 11.4 Å². The highest BCUT2D eigenvalue weighted by Crippen LogP contribution is 2.43. The molecule has 26 heavy (non-hydrogen) atoms. The van der Waals surface area contributed by atoms with E-state index in [0.717, 1.165) is 56.1 Å². The molecule has 2 aromatic rings. The lowest BCUT2D eigenvalue weighted by atomic mass is 9.79. The summed E-state index contributed by atoms with van der Waals surface area (Å²) < 4.78 is 2.05. The molecule has 1 fully saturated rings. The molecule has 1 aliphatic carbocycles. The lowest BCUT2D eigenvalue weighted by Gasteiger charge is -2.43. The Labute approximate surface area is 175 Å². The van der Waals surface area contributed by atoms with Crippen LogP contribution in [-0.4, -0.2) is 11.4 Å². The molecule has 1 heterocycles. The largest absolute Gasteiger partial charge is 0.371 e. The highest BCUT2D eigenvalue weighted by atomic mass is 79.9. The van der Waals surface area contributed by atoms with E-state index < -0.39 is 0 Å². The fourth-order valence-electron chi connectivity index (χ4n) is 3.83. The summed E-state index contributed by atoms with van der Waals surface area (Å²) >= 11 is 13.3. The highest BCUT2D eigenvalue weighted by Gasteiger charge is 2.40. The van der Waals surface area contributed by atoms with E-state index in [1.807, 2.05) is 18.2 Å². The summed E-state index contributed by atoms with van der Waals surface area (Å²) in [6, 6.07) is 12.2. The van der Waals surface area contributed by atoms with Gasteiger partial charge in [0.05, 0.1) is 16.9 Å². The Balaban J connectivity index is 1.67. The lowest BCUT2D eigenvalue weighted by Crippen LogP contribution is -2.54. The first-order valence-corrected chi connectivity index (χ1v) is 10.9. The number of benzene rings is 2. The summed E-state index contributed by atoms with van der Waals surface area (Å²) in [5.74, 6) is 1.04. The number of halogens is 3. The van der Waals surface area contributed by atoms with Gasteiger partial charge in [-0.1, -0.05) is 43.0 Å². The van der Waals surface area contributed by atoms with Crippen molar-refractivity contribution in [1.29, 1.82) is 0 Å². The minimum absolute atomic E-state index is 0.100. The summed E-state index contributed by atoms with van der Waals surface area (Å²) in [6.07, 6.45) is 5.93. The van der Waals surface area contributed by atoms with Crippen LogP contribution < -0.4 is 10.6 Å². The van der Waals surface area contributed by atoms with E-state index >= 15 is 0 Å². The van der Waals surface area contributed by atoms with E-state index in [1.165, 1.54) is 19.3 Å². The fourth-order valence-corrected chi connectivity index (χ4v) is 4.72. The third-order valence-corrected chi connectivity index (χ3v) is 7.23. The molecule has 0 saturated heterocycles. The van der Waals surface area contributed by atoms with Crippen LogP contribution in [0, 0.1) is 0 Å². The molecule has 0 atom stereocenters. The summed E-state index contributed by atoms with van der Waals surface area (Å²) in [6.45, 7) is 0.718. The number of hydrogen-bond donors (Lipinski definition) is 2. The third-order valence-electron chi connectivity index (χ3n) is 5.15. The Morgan fingerprint density at radius 2 is 1.85 bits per heavy atom. The van der Waals surface area contributed by atoms with E-state index in [1.54, 1.807) is 0 Å². The van der Waals surface area contributed by atoms with Crippen LogP contribution in [0.25, 0.3) is 0 Å². The Kier molecular flexibility index (Phi) is 5.31. The summed E-state index contributed by atoms with van der Waals surface area (Å²) in [4.78, 5) is 5.02. The number of nitrogens with one attached hydrogen (secondary N) is 2. The van der Waals surface area contributed by atoms with Crippen molar-refractivity contribution in [3.63, 3.8) is 0 Å². The smallest absolute Gasteiger partial charge is 0.128 e. The quantitative estimate of drug-likeness (QED) is 0.478. The molecule has 0 aromatic heterocycles. The van der Waals surface area contributed by atoms with Gasteiger partial charge in [0.2, 0.25) is 0 Å². The molecule has 1 aliphatic heterocycles. The predicted molar refractivity (Wildman–Crippen MR) is 117 cm³/mol. The van der Waals surface area contributed by atoms with Gasteiger partial charge in [0, 0.05) is 20.5 Å². The Morgan fingerprint density at radius 3 is 2.62 bits per heavy atom. The third kappa shape index (κ3) is 3.67. The van der Waals surface area contributed by atoms with E-state index in [9.17, 15) is 0 Å². The molecule has 2 aliphatic rings. The summed E-state index contributed by atoms with van der Waals surface area (Å²) in [7, 11) is 0. The second-order valence-electron chi connectivity index (χ2n) is 7.00. The van der Waals surface area contributed by atoms with Crippen molar-refractivity contribution in [3.8, 4) is 0 Å². The van der Waals surface area contributed by atoms with E-state index in [2.05, 4.69) is 60.7 Å². The zero-order valence-electron chi connectivity index (χ0n) is 14.3. The summed E-state index contributed by atoms with van der Waals surface area (Å²) in [5.41, 5.74) is 3.12. The second kappa shape index (κ2) is 7.53. The Hall–Kier alpha value is -1.04. The van der Waals surface area contributed by atoms with E-state index in [-0.39, 0.29) is 5.54 Å². The van der Waals surface area contributed by atoms with Crippen molar-refractivity contribution >= 4 is 60.7 Å². The number of anilines is 1. The molecule has 3 nitrogen and oxygen atoms in total. The molecule has 4 rings (SSSR count). The number of amidine groups is 1. The van der Waals surface area contributed by atoms with Crippen LogP contribution in [-0.2, 0) is 6.54 Å². The highest BCUT2D eigenvalue weighted by molar-refractivity contribution is 9.13. The Morgan fingerprint density at radius 1 is 1.08 bits per heavy atom. The van der Waals surface area contributed by atoms with E-state index in [4.69, 9.17) is 16.6 Å². The fraction of sp³-hybridized carbons (Fsp3) is 0.350. The maximum Gasteiger partial charge on any atom is 0.128 e. The van der Waals surface area contributed by atoms with Gasteiger partial charge in [-0.2, -0.15) is 0 Å². The summed E-state index contributed by atoms with van der Waals surface area (Å²) in [5, 5.41) is 8.17. The molecular weight excluding hydrogens is 478 g/mol. The molecular formula is C20H20Br2ClN3. The molecule has 1 saturated carbocycles. The first-order chi connectivity index (χ1) is 12.6. The van der Waals surface area contributed by atoms with Crippen LogP contribution in [0.2, 0.25) is 5.02 Å². The minimum Gasteiger partial charge on any atom is -0.371 e. The van der Waals surface area contributed by atoms with Gasteiger partial charge in [-0.25, -0.2) is 4.99 Å². The average molecular weight is 498 g/mol. The number of fused-ring (bicyclic) bond motifs is 1. The molecule has 6 heteroatoms. The molecule has 136 valence electrons.